The third-order valence-corrected chi connectivity index (χ3v) is 5.89. The molecule has 3 aromatic heterocycles. The van der Waals surface area contributed by atoms with Gasteiger partial charge in [0, 0.05) is 18.0 Å². The molecule has 3 aromatic carbocycles. The highest BCUT2D eigenvalue weighted by atomic mass is 15.1. The van der Waals surface area contributed by atoms with Crippen LogP contribution in [0.3, 0.4) is 0 Å². The Morgan fingerprint density at radius 3 is 1.31 bits per heavy atom. The van der Waals surface area contributed by atoms with E-state index in [9.17, 15) is 0 Å². The molecule has 6 rings (SSSR count). The van der Waals surface area contributed by atoms with Gasteiger partial charge in [-0.2, -0.15) is 0 Å². The Kier molecular flexibility index (Phi) is 5.78. The second-order valence-electron chi connectivity index (χ2n) is 8.23. The average molecular weight is 464 g/mol. The molecule has 0 radical (unpaired) electrons. The van der Waals surface area contributed by atoms with Gasteiger partial charge in [-0.05, 0) is 46.5 Å². The Hall–Kier alpha value is -5.03. The van der Waals surface area contributed by atoms with Crippen molar-refractivity contribution in [3.63, 3.8) is 0 Å². The summed E-state index contributed by atoms with van der Waals surface area (Å²) in [7, 11) is 0. The molecule has 36 heavy (non-hydrogen) atoms. The van der Waals surface area contributed by atoms with Crippen LogP contribution in [0, 0.1) is 0 Å². The Labute approximate surface area is 209 Å². The lowest BCUT2D eigenvalue weighted by molar-refractivity contribution is 1.05. The highest BCUT2D eigenvalue weighted by Gasteiger charge is 2.14. The van der Waals surface area contributed by atoms with Gasteiger partial charge in [-0.3, -0.25) is 9.97 Å². The average Bonchev–Trinajstić information content (AvgIpc) is 2.98. The van der Waals surface area contributed by atoms with E-state index in [-0.39, 0.29) is 0 Å². The predicted octanol–water partition coefficient (Wildman–Crippen LogP) is 7.00. The van der Waals surface area contributed by atoms with Crippen molar-refractivity contribution < 1.29 is 0 Å². The zero-order chi connectivity index (χ0) is 24.2. The van der Waals surface area contributed by atoms with Crippen molar-refractivity contribution in [2.45, 2.75) is 0 Å². The maximum absolute atomic E-state index is 4.75. The summed E-state index contributed by atoms with van der Waals surface area (Å²) in [6, 6.07) is 38.6. The van der Waals surface area contributed by atoms with Crippen molar-refractivity contribution in [1.29, 1.82) is 0 Å². The van der Waals surface area contributed by atoms with Crippen molar-refractivity contribution >= 4 is 0 Å². The summed E-state index contributed by atoms with van der Waals surface area (Å²) in [4.78, 5) is 23.0. The van der Waals surface area contributed by atoms with Crippen LogP contribution in [0.2, 0.25) is 0 Å². The zero-order valence-corrected chi connectivity index (χ0v) is 19.4. The van der Waals surface area contributed by atoms with E-state index in [4.69, 9.17) is 9.97 Å². The zero-order valence-electron chi connectivity index (χ0n) is 19.4. The summed E-state index contributed by atoms with van der Waals surface area (Å²) in [5.74, 6) is 1.61. The molecule has 0 fully saturated rings. The number of pyridine rings is 2. The fraction of sp³-hybridized carbons (Fsp3) is 0. The third kappa shape index (κ3) is 4.38. The molecule has 0 aliphatic rings. The molecule has 0 bridgehead atoms. The maximum atomic E-state index is 4.75. The minimum atomic E-state index is 0.514. The first kappa shape index (κ1) is 21.5. The smallest absolute Gasteiger partial charge is 0.182 e. The molecule has 0 spiro atoms. The first-order chi connectivity index (χ1) is 17.8. The first-order valence-corrected chi connectivity index (χ1v) is 11.7. The molecule has 0 saturated carbocycles. The fourth-order valence-electron chi connectivity index (χ4n) is 4.13. The summed E-state index contributed by atoms with van der Waals surface area (Å²) in [6.07, 6.45) is 3.47. The van der Waals surface area contributed by atoms with Crippen LogP contribution < -0.4 is 0 Å². The second kappa shape index (κ2) is 9.68. The van der Waals surface area contributed by atoms with Crippen LogP contribution >= 0.6 is 0 Å². The largest absolute Gasteiger partial charge is 0.253 e. The van der Waals surface area contributed by atoms with E-state index >= 15 is 0 Å². The topological polar surface area (TPSA) is 64.5 Å². The fourth-order valence-corrected chi connectivity index (χ4v) is 4.13. The van der Waals surface area contributed by atoms with Gasteiger partial charge in [0.25, 0.3) is 0 Å². The summed E-state index contributed by atoms with van der Waals surface area (Å²) < 4.78 is 0. The highest BCUT2D eigenvalue weighted by molar-refractivity contribution is 5.84. The quantitative estimate of drug-likeness (QED) is 0.275. The van der Waals surface area contributed by atoms with Gasteiger partial charge in [0.15, 0.2) is 17.5 Å². The normalized spacial score (nSPS) is 10.8. The Bertz CT molecular complexity index is 1540. The van der Waals surface area contributed by atoms with Crippen molar-refractivity contribution in [2.75, 3.05) is 0 Å². The van der Waals surface area contributed by atoms with E-state index in [2.05, 4.69) is 87.7 Å². The number of aromatic nitrogens is 5. The minimum absolute atomic E-state index is 0.514. The Balaban J connectivity index is 1.42. The Morgan fingerprint density at radius 1 is 0.333 bits per heavy atom. The van der Waals surface area contributed by atoms with Gasteiger partial charge in [0.1, 0.15) is 11.4 Å². The van der Waals surface area contributed by atoms with Gasteiger partial charge in [-0.15, -0.1) is 0 Å². The van der Waals surface area contributed by atoms with E-state index in [0.29, 0.717) is 28.9 Å². The van der Waals surface area contributed by atoms with Crippen LogP contribution in [0.4, 0.5) is 0 Å². The van der Waals surface area contributed by atoms with E-state index < -0.39 is 0 Å². The molecule has 0 aliphatic heterocycles. The molecule has 170 valence electrons. The molecule has 3 heterocycles. The number of benzene rings is 3. The van der Waals surface area contributed by atoms with Crippen molar-refractivity contribution in [1.82, 2.24) is 24.9 Å². The summed E-state index contributed by atoms with van der Waals surface area (Å²) in [5, 5.41) is 0. The molecule has 0 atom stereocenters. The standard InChI is InChI=1S/C31H21N5/c1-2-10-22(11-3-1)25-12-4-5-13-26(25)23-16-18-24(19-17-23)29-34-30(27-14-6-8-20-32-27)36-31(35-29)28-15-7-9-21-33-28/h1-21H. The molecular weight excluding hydrogens is 442 g/mol. The summed E-state index contributed by atoms with van der Waals surface area (Å²) >= 11 is 0. The van der Waals surface area contributed by atoms with Gasteiger partial charge in [-0.25, -0.2) is 15.0 Å². The molecule has 0 amide bonds. The molecule has 5 nitrogen and oxygen atoms in total. The third-order valence-electron chi connectivity index (χ3n) is 5.89. The van der Waals surface area contributed by atoms with Crippen LogP contribution in [0.15, 0.2) is 128 Å². The second-order valence-corrected chi connectivity index (χ2v) is 8.23. The SMILES string of the molecule is c1ccc(-c2ccccc2-c2ccc(-c3nc(-c4ccccn4)nc(-c4ccccn4)n3)cc2)cc1. The summed E-state index contributed by atoms with van der Waals surface area (Å²) in [5.41, 5.74) is 6.96. The van der Waals surface area contributed by atoms with Gasteiger partial charge < -0.3 is 0 Å². The lowest BCUT2D eigenvalue weighted by Crippen LogP contribution is -2.01. The van der Waals surface area contributed by atoms with E-state index in [1.165, 1.54) is 16.7 Å². The van der Waals surface area contributed by atoms with Gasteiger partial charge in [-0.1, -0.05) is 91.0 Å². The van der Waals surface area contributed by atoms with Crippen molar-refractivity contribution in [3.8, 4) is 56.7 Å². The van der Waals surface area contributed by atoms with Gasteiger partial charge in [0.2, 0.25) is 0 Å². The number of hydrogen-bond acceptors (Lipinski definition) is 5. The van der Waals surface area contributed by atoms with E-state index in [0.717, 1.165) is 11.1 Å². The lowest BCUT2D eigenvalue weighted by Gasteiger charge is -2.11. The highest BCUT2D eigenvalue weighted by Crippen LogP contribution is 2.33. The maximum Gasteiger partial charge on any atom is 0.182 e. The lowest BCUT2D eigenvalue weighted by atomic mass is 9.94. The number of hydrogen-bond donors (Lipinski definition) is 0. The minimum Gasteiger partial charge on any atom is -0.253 e. The van der Waals surface area contributed by atoms with Crippen LogP contribution in [-0.4, -0.2) is 24.9 Å². The molecular formula is C31H21N5. The van der Waals surface area contributed by atoms with Gasteiger partial charge in [0.05, 0.1) is 0 Å². The molecule has 0 aliphatic carbocycles. The molecule has 5 heteroatoms. The van der Waals surface area contributed by atoms with Crippen LogP contribution in [0.5, 0.6) is 0 Å². The number of nitrogens with zero attached hydrogens (tertiary/aromatic N) is 5. The molecule has 0 unspecified atom stereocenters. The Morgan fingerprint density at radius 2 is 0.778 bits per heavy atom. The van der Waals surface area contributed by atoms with Crippen LogP contribution in [0.25, 0.3) is 56.7 Å². The van der Waals surface area contributed by atoms with Crippen molar-refractivity contribution in [2.24, 2.45) is 0 Å². The molecule has 0 saturated heterocycles. The van der Waals surface area contributed by atoms with E-state index in [1.807, 2.05) is 42.5 Å². The van der Waals surface area contributed by atoms with Crippen molar-refractivity contribution in [3.05, 3.63) is 128 Å². The van der Waals surface area contributed by atoms with Crippen LogP contribution in [-0.2, 0) is 0 Å². The van der Waals surface area contributed by atoms with Crippen LogP contribution in [0.1, 0.15) is 0 Å². The monoisotopic (exact) mass is 463 g/mol. The van der Waals surface area contributed by atoms with Gasteiger partial charge >= 0.3 is 0 Å². The first-order valence-electron chi connectivity index (χ1n) is 11.7. The molecule has 6 aromatic rings. The summed E-state index contributed by atoms with van der Waals surface area (Å²) in [6.45, 7) is 0. The number of rotatable bonds is 5. The predicted molar refractivity (Wildman–Crippen MR) is 143 cm³/mol. The van der Waals surface area contributed by atoms with E-state index in [1.54, 1.807) is 12.4 Å². The molecule has 0 N–H and O–H groups in total.